The Balaban J connectivity index is 1.88. The first-order valence-corrected chi connectivity index (χ1v) is 7.86. The highest BCUT2D eigenvalue weighted by atomic mass is 16.5. The molecule has 2 aromatic carbocycles. The van der Waals surface area contributed by atoms with E-state index in [0.717, 1.165) is 29.7 Å². The van der Waals surface area contributed by atoms with Crippen molar-refractivity contribution in [1.29, 1.82) is 0 Å². The van der Waals surface area contributed by atoms with Crippen molar-refractivity contribution >= 4 is 5.97 Å². The molecular formula is C19H20O4. The number of hydrogen-bond donors (Lipinski definition) is 1. The number of para-hydroxylation sites is 1. The molecule has 0 saturated carbocycles. The van der Waals surface area contributed by atoms with E-state index in [1.807, 2.05) is 36.4 Å². The van der Waals surface area contributed by atoms with Crippen molar-refractivity contribution in [2.45, 2.75) is 25.4 Å². The van der Waals surface area contributed by atoms with Crippen LogP contribution in [0.1, 0.15) is 40.2 Å². The molecule has 1 N–H and O–H groups in total. The van der Waals surface area contributed by atoms with Crippen LogP contribution in [0.2, 0.25) is 0 Å². The summed E-state index contributed by atoms with van der Waals surface area (Å²) in [6.07, 6.45) is 1.70. The van der Waals surface area contributed by atoms with Crippen LogP contribution in [-0.2, 0) is 11.3 Å². The largest absolute Gasteiger partial charge is 0.489 e. The molecule has 1 aliphatic heterocycles. The maximum atomic E-state index is 11.6. The van der Waals surface area contributed by atoms with Crippen LogP contribution in [-0.4, -0.2) is 24.3 Å². The molecule has 23 heavy (non-hydrogen) atoms. The van der Waals surface area contributed by atoms with E-state index < -0.39 is 5.97 Å². The van der Waals surface area contributed by atoms with Gasteiger partial charge in [0.1, 0.15) is 12.4 Å². The van der Waals surface area contributed by atoms with Gasteiger partial charge in [-0.2, -0.15) is 0 Å². The first kappa shape index (κ1) is 15.6. The Bertz CT molecular complexity index is 660. The number of carboxylic acid groups (broad SMARTS) is 1. The molecule has 0 amide bonds. The van der Waals surface area contributed by atoms with E-state index in [1.165, 1.54) is 0 Å². The normalized spacial score (nSPS) is 15.3. The number of benzene rings is 2. The molecule has 1 fully saturated rings. The zero-order chi connectivity index (χ0) is 16.1. The monoisotopic (exact) mass is 312 g/mol. The second-order valence-corrected chi connectivity index (χ2v) is 5.67. The quantitative estimate of drug-likeness (QED) is 0.911. The SMILES string of the molecule is O=C(O)c1cccc(COc2ccccc2)c1C1CCOCC1. The summed E-state index contributed by atoms with van der Waals surface area (Å²) in [4.78, 5) is 11.6. The fraction of sp³-hybridized carbons (Fsp3) is 0.316. The molecule has 120 valence electrons. The van der Waals surface area contributed by atoms with Gasteiger partial charge in [-0.25, -0.2) is 4.79 Å². The number of aromatic carboxylic acids is 1. The van der Waals surface area contributed by atoms with Crippen LogP contribution in [0.3, 0.4) is 0 Å². The van der Waals surface area contributed by atoms with E-state index in [0.29, 0.717) is 25.4 Å². The van der Waals surface area contributed by atoms with Crippen molar-refractivity contribution in [3.05, 3.63) is 65.2 Å². The standard InChI is InChI=1S/C19H20O4/c20-19(21)17-8-4-5-15(13-23-16-6-2-1-3-7-16)18(17)14-9-11-22-12-10-14/h1-8,14H,9-13H2,(H,20,21). The van der Waals surface area contributed by atoms with Gasteiger partial charge in [-0.15, -0.1) is 0 Å². The second kappa shape index (κ2) is 7.29. The van der Waals surface area contributed by atoms with Gasteiger partial charge < -0.3 is 14.6 Å². The summed E-state index contributed by atoms with van der Waals surface area (Å²) >= 11 is 0. The van der Waals surface area contributed by atoms with Crippen LogP contribution in [0.15, 0.2) is 48.5 Å². The molecule has 1 saturated heterocycles. The first-order valence-electron chi connectivity index (χ1n) is 7.86. The lowest BCUT2D eigenvalue weighted by Gasteiger charge is -2.26. The van der Waals surface area contributed by atoms with Crippen LogP contribution in [0, 0.1) is 0 Å². The molecule has 0 atom stereocenters. The number of carbonyl (C=O) groups is 1. The predicted molar refractivity (Wildman–Crippen MR) is 87.0 cm³/mol. The predicted octanol–water partition coefficient (Wildman–Crippen LogP) is 3.86. The van der Waals surface area contributed by atoms with Gasteiger partial charge in [-0.1, -0.05) is 30.3 Å². The maximum absolute atomic E-state index is 11.6. The molecule has 4 nitrogen and oxygen atoms in total. The van der Waals surface area contributed by atoms with E-state index in [1.54, 1.807) is 12.1 Å². The Morgan fingerprint density at radius 2 is 1.83 bits per heavy atom. The topological polar surface area (TPSA) is 55.8 Å². The number of rotatable bonds is 5. The van der Waals surface area contributed by atoms with Crippen molar-refractivity contribution in [3.8, 4) is 5.75 Å². The number of carboxylic acids is 1. The van der Waals surface area contributed by atoms with Crippen LogP contribution in [0.5, 0.6) is 5.75 Å². The second-order valence-electron chi connectivity index (χ2n) is 5.67. The highest BCUT2D eigenvalue weighted by Crippen LogP contribution is 2.33. The molecule has 0 radical (unpaired) electrons. The van der Waals surface area contributed by atoms with Gasteiger partial charge in [0.25, 0.3) is 0 Å². The van der Waals surface area contributed by atoms with Gasteiger partial charge in [0.05, 0.1) is 5.56 Å². The van der Waals surface area contributed by atoms with Gasteiger partial charge in [0.15, 0.2) is 0 Å². The maximum Gasteiger partial charge on any atom is 0.335 e. The zero-order valence-electron chi connectivity index (χ0n) is 12.9. The van der Waals surface area contributed by atoms with Gasteiger partial charge in [0, 0.05) is 13.2 Å². The molecule has 0 spiro atoms. The smallest absolute Gasteiger partial charge is 0.335 e. The third kappa shape index (κ3) is 3.71. The third-order valence-electron chi connectivity index (χ3n) is 4.19. The Hall–Kier alpha value is -2.33. The van der Waals surface area contributed by atoms with Crippen molar-refractivity contribution in [2.24, 2.45) is 0 Å². The van der Waals surface area contributed by atoms with Crippen molar-refractivity contribution in [2.75, 3.05) is 13.2 Å². The van der Waals surface area contributed by atoms with E-state index in [-0.39, 0.29) is 5.92 Å². The summed E-state index contributed by atoms with van der Waals surface area (Å²) < 4.78 is 11.2. The van der Waals surface area contributed by atoms with E-state index in [2.05, 4.69) is 0 Å². The Morgan fingerprint density at radius 3 is 2.52 bits per heavy atom. The average Bonchev–Trinajstić information content (AvgIpc) is 2.61. The summed E-state index contributed by atoms with van der Waals surface area (Å²) in [6, 6.07) is 15.0. The van der Waals surface area contributed by atoms with Gasteiger partial charge in [-0.3, -0.25) is 0 Å². The fourth-order valence-corrected chi connectivity index (χ4v) is 3.07. The summed E-state index contributed by atoms with van der Waals surface area (Å²) in [5.74, 6) is 0.115. The molecule has 0 aromatic heterocycles. The minimum atomic E-state index is -0.881. The molecule has 0 aliphatic carbocycles. The third-order valence-corrected chi connectivity index (χ3v) is 4.19. The molecule has 0 bridgehead atoms. The van der Waals surface area contributed by atoms with Gasteiger partial charge in [-0.05, 0) is 48.1 Å². The van der Waals surface area contributed by atoms with Crippen LogP contribution in [0.4, 0.5) is 0 Å². The summed E-state index contributed by atoms with van der Waals surface area (Å²) in [5.41, 5.74) is 2.23. The number of hydrogen-bond acceptors (Lipinski definition) is 3. The first-order chi connectivity index (χ1) is 11.3. The lowest BCUT2D eigenvalue weighted by molar-refractivity contribution is 0.0684. The molecular weight excluding hydrogens is 292 g/mol. The summed E-state index contributed by atoms with van der Waals surface area (Å²) in [7, 11) is 0. The lowest BCUT2D eigenvalue weighted by atomic mass is 9.85. The summed E-state index contributed by atoms with van der Waals surface area (Å²) in [6.45, 7) is 1.73. The lowest BCUT2D eigenvalue weighted by Crippen LogP contribution is -2.19. The van der Waals surface area contributed by atoms with Gasteiger partial charge >= 0.3 is 5.97 Å². The zero-order valence-corrected chi connectivity index (χ0v) is 12.9. The average molecular weight is 312 g/mol. The van der Waals surface area contributed by atoms with Crippen LogP contribution < -0.4 is 4.74 Å². The molecule has 1 heterocycles. The Kier molecular flexibility index (Phi) is 4.93. The van der Waals surface area contributed by atoms with Crippen molar-refractivity contribution < 1.29 is 19.4 Å². The Labute approximate surface area is 135 Å². The molecule has 1 aliphatic rings. The highest BCUT2D eigenvalue weighted by molar-refractivity contribution is 5.90. The van der Waals surface area contributed by atoms with Crippen molar-refractivity contribution in [3.63, 3.8) is 0 Å². The summed E-state index contributed by atoms with van der Waals surface area (Å²) in [5, 5.41) is 9.53. The minimum absolute atomic E-state index is 0.213. The molecule has 2 aromatic rings. The van der Waals surface area contributed by atoms with Crippen LogP contribution >= 0.6 is 0 Å². The molecule has 3 rings (SSSR count). The minimum Gasteiger partial charge on any atom is -0.489 e. The highest BCUT2D eigenvalue weighted by Gasteiger charge is 2.24. The van der Waals surface area contributed by atoms with E-state index >= 15 is 0 Å². The van der Waals surface area contributed by atoms with E-state index in [4.69, 9.17) is 9.47 Å². The fourth-order valence-electron chi connectivity index (χ4n) is 3.07. The van der Waals surface area contributed by atoms with Crippen molar-refractivity contribution in [1.82, 2.24) is 0 Å². The van der Waals surface area contributed by atoms with Crippen LogP contribution in [0.25, 0.3) is 0 Å². The Morgan fingerprint density at radius 1 is 1.09 bits per heavy atom. The van der Waals surface area contributed by atoms with E-state index in [9.17, 15) is 9.90 Å². The van der Waals surface area contributed by atoms with Gasteiger partial charge in [0.2, 0.25) is 0 Å². The molecule has 0 unspecified atom stereocenters. The molecule has 4 heteroatoms. The number of ether oxygens (including phenoxy) is 2.